The second-order valence-electron chi connectivity index (χ2n) is 6.61. The lowest BCUT2D eigenvalue weighted by Crippen LogP contribution is -2.31. The molecule has 1 aliphatic rings. The SMILES string of the molecule is Cc1nn(Cc2ccccc2)c(C)c1CNC(=O)[C@H]1CCS(=O)(=O)C1. The molecule has 0 bridgehead atoms. The Labute approximate surface area is 148 Å². The maximum Gasteiger partial charge on any atom is 0.224 e. The van der Waals surface area contributed by atoms with Crippen molar-refractivity contribution in [2.45, 2.75) is 33.4 Å². The van der Waals surface area contributed by atoms with Crippen LogP contribution >= 0.6 is 0 Å². The van der Waals surface area contributed by atoms with Gasteiger partial charge in [0.1, 0.15) is 0 Å². The first-order valence-electron chi connectivity index (χ1n) is 8.40. The molecule has 0 saturated carbocycles. The number of carbonyl (C=O) groups excluding carboxylic acids is 1. The monoisotopic (exact) mass is 361 g/mol. The van der Waals surface area contributed by atoms with Crippen LogP contribution in [0, 0.1) is 19.8 Å². The summed E-state index contributed by atoms with van der Waals surface area (Å²) in [6, 6.07) is 10.1. The van der Waals surface area contributed by atoms with E-state index >= 15 is 0 Å². The van der Waals surface area contributed by atoms with Crippen molar-refractivity contribution in [1.29, 1.82) is 0 Å². The summed E-state index contributed by atoms with van der Waals surface area (Å²) in [5.74, 6) is -0.539. The molecule has 2 aromatic rings. The summed E-state index contributed by atoms with van der Waals surface area (Å²) >= 11 is 0. The lowest BCUT2D eigenvalue weighted by Gasteiger charge is -2.10. The van der Waals surface area contributed by atoms with E-state index in [1.165, 1.54) is 5.56 Å². The van der Waals surface area contributed by atoms with Crippen LogP contribution in [0.5, 0.6) is 0 Å². The van der Waals surface area contributed by atoms with Crippen molar-refractivity contribution in [3.05, 3.63) is 52.8 Å². The van der Waals surface area contributed by atoms with E-state index in [4.69, 9.17) is 0 Å². The van der Waals surface area contributed by atoms with Crippen LogP contribution in [0.2, 0.25) is 0 Å². The minimum Gasteiger partial charge on any atom is -0.352 e. The molecular weight excluding hydrogens is 338 g/mol. The molecule has 1 N–H and O–H groups in total. The van der Waals surface area contributed by atoms with Crippen LogP contribution in [-0.2, 0) is 27.7 Å². The molecule has 0 unspecified atom stereocenters. The van der Waals surface area contributed by atoms with Gasteiger partial charge in [-0.15, -0.1) is 0 Å². The van der Waals surface area contributed by atoms with Crippen molar-refractivity contribution >= 4 is 15.7 Å². The van der Waals surface area contributed by atoms with Crippen molar-refractivity contribution in [2.75, 3.05) is 11.5 Å². The Morgan fingerprint density at radius 2 is 2.00 bits per heavy atom. The molecule has 0 radical (unpaired) electrons. The number of amides is 1. The number of nitrogens with one attached hydrogen (secondary N) is 1. The molecule has 134 valence electrons. The Hall–Kier alpha value is -2.15. The Bertz CT molecular complexity index is 872. The van der Waals surface area contributed by atoms with Crippen LogP contribution in [0.1, 0.15) is 28.9 Å². The van der Waals surface area contributed by atoms with Gasteiger partial charge < -0.3 is 5.32 Å². The number of aromatic nitrogens is 2. The van der Waals surface area contributed by atoms with Gasteiger partial charge in [0.15, 0.2) is 9.84 Å². The zero-order chi connectivity index (χ0) is 18.0. The van der Waals surface area contributed by atoms with E-state index in [2.05, 4.69) is 22.5 Å². The van der Waals surface area contributed by atoms with Crippen molar-refractivity contribution in [3.63, 3.8) is 0 Å². The molecule has 25 heavy (non-hydrogen) atoms. The predicted molar refractivity (Wildman–Crippen MR) is 95.9 cm³/mol. The predicted octanol–water partition coefficient (Wildman–Crippen LogP) is 1.60. The number of nitrogens with zero attached hydrogens (tertiary/aromatic N) is 2. The van der Waals surface area contributed by atoms with Crippen molar-refractivity contribution in [3.8, 4) is 0 Å². The maximum atomic E-state index is 12.2. The van der Waals surface area contributed by atoms with Crippen LogP contribution in [0.15, 0.2) is 30.3 Å². The fourth-order valence-corrected chi connectivity index (χ4v) is 4.96. The Morgan fingerprint density at radius 1 is 1.28 bits per heavy atom. The number of aryl methyl sites for hydroxylation is 1. The third-order valence-corrected chi connectivity index (χ3v) is 6.52. The summed E-state index contributed by atoms with van der Waals surface area (Å²) in [5.41, 5.74) is 4.05. The summed E-state index contributed by atoms with van der Waals surface area (Å²) in [6.45, 7) is 4.98. The third kappa shape index (κ3) is 4.10. The van der Waals surface area contributed by atoms with Crippen LogP contribution in [0.25, 0.3) is 0 Å². The third-order valence-electron chi connectivity index (χ3n) is 4.75. The maximum absolute atomic E-state index is 12.2. The molecule has 1 aromatic heterocycles. The molecule has 3 rings (SSSR count). The summed E-state index contributed by atoms with van der Waals surface area (Å²) in [4.78, 5) is 12.2. The van der Waals surface area contributed by atoms with E-state index in [0.717, 1.165) is 17.0 Å². The lowest BCUT2D eigenvalue weighted by molar-refractivity contribution is -0.124. The summed E-state index contributed by atoms with van der Waals surface area (Å²) < 4.78 is 25.0. The smallest absolute Gasteiger partial charge is 0.224 e. The Kier molecular flexibility index (Phi) is 4.94. The highest BCUT2D eigenvalue weighted by Crippen LogP contribution is 2.19. The lowest BCUT2D eigenvalue weighted by atomic mass is 10.1. The number of hydrogen-bond acceptors (Lipinski definition) is 4. The molecule has 0 aliphatic carbocycles. The summed E-state index contributed by atoms with van der Waals surface area (Å²) in [5, 5.41) is 7.45. The fourth-order valence-electron chi connectivity index (χ4n) is 3.22. The number of carbonyl (C=O) groups is 1. The van der Waals surface area contributed by atoms with Gasteiger partial charge in [-0.2, -0.15) is 5.10 Å². The minimum atomic E-state index is -3.05. The van der Waals surface area contributed by atoms with E-state index < -0.39 is 15.8 Å². The first kappa shape index (κ1) is 17.7. The van der Waals surface area contributed by atoms with Gasteiger partial charge in [-0.1, -0.05) is 30.3 Å². The molecule has 1 aliphatic heterocycles. The molecule has 1 atom stereocenters. The van der Waals surface area contributed by atoms with Crippen LogP contribution in [0.3, 0.4) is 0 Å². The molecule has 1 saturated heterocycles. The first-order chi connectivity index (χ1) is 11.9. The molecule has 1 fully saturated rings. The van der Waals surface area contributed by atoms with Crippen LogP contribution in [-0.4, -0.2) is 35.6 Å². The van der Waals surface area contributed by atoms with Gasteiger partial charge in [0.25, 0.3) is 0 Å². The minimum absolute atomic E-state index is 0.0376. The molecule has 1 aromatic carbocycles. The first-order valence-corrected chi connectivity index (χ1v) is 10.2. The average molecular weight is 361 g/mol. The summed E-state index contributed by atoms with van der Waals surface area (Å²) in [7, 11) is -3.05. The second kappa shape index (κ2) is 7.00. The van der Waals surface area contributed by atoms with E-state index in [1.54, 1.807) is 0 Å². The van der Waals surface area contributed by atoms with Gasteiger partial charge in [0, 0.05) is 17.8 Å². The molecular formula is C18H23N3O3S. The number of rotatable bonds is 5. The van der Waals surface area contributed by atoms with Crippen LogP contribution in [0.4, 0.5) is 0 Å². The van der Waals surface area contributed by atoms with Gasteiger partial charge in [0.05, 0.1) is 29.7 Å². The van der Waals surface area contributed by atoms with Gasteiger partial charge in [-0.3, -0.25) is 9.48 Å². The van der Waals surface area contributed by atoms with Crippen molar-refractivity contribution in [1.82, 2.24) is 15.1 Å². The average Bonchev–Trinajstić information content (AvgIpc) is 3.06. The van der Waals surface area contributed by atoms with E-state index in [9.17, 15) is 13.2 Å². The van der Waals surface area contributed by atoms with E-state index in [1.807, 2.05) is 36.7 Å². The molecule has 1 amide bonds. The molecule has 7 heteroatoms. The van der Waals surface area contributed by atoms with Gasteiger partial charge in [-0.25, -0.2) is 8.42 Å². The Morgan fingerprint density at radius 3 is 2.64 bits per heavy atom. The molecule has 2 heterocycles. The van der Waals surface area contributed by atoms with Crippen LogP contribution < -0.4 is 5.32 Å². The fraction of sp³-hybridized carbons (Fsp3) is 0.444. The largest absolute Gasteiger partial charge is 0.352 e. The van der Waals surface area contributed by atoms with Gasteiger partial charge in [0.2, 0.25) is 5.91 Å². The molecule has 6 nitrogen and oxygen atoms in total. The highest BCUT2D eigenvalue weighted by molar-refractivity contribution is 7.91. The van der Waals surface area contributed by atoms with E-state index in [-0.39, 0.29) is 17.4 Å². The highest BCUT2D eigenvalue weighted by Gasteiger charge is 2.32. The quantitative estimate of drug-likeness (QED) is 0.877. The van der Waals surface area contributed by atoms with Gasteiger partial charge in [-0.05, 0) is 25.8 Å². The standard InChI is InChI=1S/C18H23N3O3S/c1-13-17(10-19-18(22)16-8-9-25(23,24)12-16)14(2)21(20-13)11-15-6-4-3-5-7-15/h3-7,16H,8-12H2,1-2H3,(H,19,22)/t16-/m0/s1. The molecule has 0 spiro atoms. The van der Waals surface area contributed by atoms with Crippen molar-refractivity contribution in [2.24, 2.45) is 5.92 Å². The van der Waals surface area contributed by atoms with Gasteiger partial charge >= 0.3 is 0 Å². The number of sulfone groups is 1. The second-order valence-corrected chi connectivity index (χ2v) is 8.84. The zero-order valence-electron chi connectivity index (χ0n) is 14.5. The summed E-state index contributed by atoms with van der Waals surface area (Å²) in [6.07, 6.45) is 0.416. The zero-order valence-corrected chi connectivity index (χ0v) is 15.3. The Balaban J connectivity index is 1.66. The van der Waals surface area contributed by atoms with Crippen molar-refractivity contribution < 1.29 is 13.2 Å². The normalized spacial score (nSPS) is 19.0. The number of hydrogen-bond donors (Lipinski definition) is 1. The van der Waals surface area contributed by atoms with E-state index in [0.29, 0.717) is 19.5 Å². The topological polar surface area (TPSA) is 81.1 Å². The highest BCUT2D eigenvalue weighted by atomic mass is 32.2. The number of benzene rings is 1.